The second-order valence-corrected chi connectivity index (χ2v) is 16.1. The zero-order valence-corrected chi connectivity index (χ0v) is 28.3. The zero-order chi connectivity index (χ0) is 33.0. The van der Waals surface area contributed by atoms with Gasteiger partial charge in [-0.1, -0.05) is 36.4 Å². The van der Waals surface area contributed by atoms with Crippen LogP contribution in [0.2, 0.25) is 0 Å². The Morgan fingerprint density at radius 3 is 1.35 bits per heavy atom. The van der Waals surface area contributed by atoms with Crippen molar-refractivity contribution in [2.24, 2.45) is 0 Å². The fraction of sp³-hybridized carbons (Fsp3) is 0.467. The molecule has 6 aliphatic rings. The van der Waals surface area contributed by atoms with Crippen molar-refractivity contribution in [1.29, 1.82) is 0 Å². The average molecular weight is 701 g/mol. The summed E-state index contributed by atoms with van der Waals surface area (Å²) in [4.78, 5) is 55.6. The Balaban J connectivity index is 1.46. The molecule has 46 heavy (non-hydrogen) atoms. The van der Waals surface area contributed by atoms with Crippen LogP contribution in [0.4, 0.5) is 11.4 Å². The Kier molecular flexibility index (Phi) is 5.99. The van der Waals surface area contributed by atoms with Gasteiger partial charge in [0, 0.05) is 38.3 Å². The summed E-state index contributed by atoms with van der Waals surface area (Å²) in [6.45, 7) is -1.48. The fourth-order valence-corrected chi connectivity index (χ4v) is 10.9. The molecule has 12 nitrogen and oxygen atoms in total. The van der Waals surface area contributed by atoms with E-state index >= 15 is 0 Å². The van der Waals surface area contributed by atoms with E-state index in [1.807, 2.05) is 48.5 Å². The molecule has 0 spiro atoms. The lowest BCUT2D eigenvalue weighted by Gasteiger charge is -2.51. The van der Waals surface area contributed by atoms with Crippen molar-refractivity contribution in [2.75, 3.05) is 37.9 Å². The van der Waals surface area contributed by atoms with Gasteiger partial charge in [-0.25, -0.2) is 0 Å². The molecule has 6 aliphatic heterocycles. The van der Waals surface area contributed by atoms with Gasteiger partial charge in [-0.3, -0.25) is 29.0 Å². The van der Waals surface area contributed by atoms with Gasteiger partial charge in [0.05, 0.1) is 24.0 Å². The summed E-state index contributed by atoms with van der Waals surface area (Å²) in [5.41, 5.74) is 0.544. The summed E-state index contributed by atoms with van der Waals surface area (Å²) in [6, 6.07) is 15.1. The molecule has 16 heteroatoms. The number of likely N-dealkylation sites (N-methyl/N-ethyl adjacent to an activating group) is 2. The Bertz CT molecular complexity index is 1680. The van der Waals surface area contributed by atoms with Gasteiger partial charge in [0.1, 0.15) is 12.3 Å². The molecular formula is C30H32N6O6S4. The second kappa shape index (κ2) is 9.02. The molecule has 0 radical (unpaired) electrons. The second-order valence-electron chi connectivity index (χ2n) is 13.1. The molecule has 242 valence electrons. The molecule has 4 fully saturated rings. The lowest BCUT2D eigenvalue weighted by atomic mass is 9.54. The van der Waals surface area contributed by atoms with E-state index in [4.69, 9.17) is 25.3 Å². The lowest BCUT2D eigenvalue weighted by molar-refractivity contribution is -0.165. The van der Waals surface area contributed by atoms with Crippen molar-refractivity contribution >= 4 is 85.5 Å². The van der Waals surface area contributed by atoms with Gasteiger partial charge in [-0.05, 0) is 23.3 Å². The van der Waals surface area contributed by atoms with Crippen molar-refractivity contribution < 1.29 is 29.4 Å². The molecule has 0 aromatic heterocycles. The van der Waals surface area contributed by atoms with Crippen molar-refractivity contribution in [1.82, 2.24) is 19.6 Å². The minimum Gasteiger partial charge on any atom is -0.392 e. The monoisotopic (exact) mass is 700 g/mol. The Morgan fingerprint density at radius 1 is 0.652 bits per heavy atom. The highest BCUT2D eigenvalue weighted by Gasteiger charge is 2.84. The summed E-state index contributed by atoms with van der Waals surface area (Å²) < 4.78 is 0. The summed E-state index contributed by atoms with van der Waals surface area (Å²) in [6.07, 6.45) is -1.89. The molecule has 1 unspecified atom stereocenters. The average Bonchev–Trinajstić information content (AvgIpc) is 3.71. The van der Waals surface area contributed by atoms with E-state index in [2.05, 4.69) is 35.9 Å². The normalized spacial score (nSPS) is 41.9. The van der Waals surface area contributed by atoms with Crippen molar-refractivity contribution in [3.63, 3.8) is 0 Å². The lowest BCUT2D eigenvalue weighted by Crippen LogP contribution is -2.74. The Hall–Kier alpha value is -2.76. The number of para-hydroxylation sites is 2. The molecule has 0 bridgehead atoms. The fourth-order valence-electron chi connectivity index (χ4n) is 9.27. The molecule has 6 heterocycles. The highest BCUT2D eigenvalue weighted by molar-refractivity contribution is 7.84. The zero-order valence-electron chi connectivity index (χ0n) is 24.7. The Labute approximate surface area is 286 Å². The first-order valence-electron chi connectivity index (χ1n) is 14.7. The molecule has 4 amide bonds. The van der Waals surface area contributed by atoms with Crippen LogP contribution in [0.1, 0.15) is 24.0 Å². The maximum absolute atomic E-state index is 14.5. The van der Waals surface area contributed by atoms with Crippen LogP contribution in [-0.4, -0.2) is 113 Å². The molecule has 4 N–H and O–H groups in total. The van der Waals surface area contributed by atoms with Crippen LogP contribution in [0, 0.1) is 0 Å². The predicted octanol–water partition coefficient (Wildman–Crippen LogP) is 0.263. The standard InChI is InChI=1S/C30H32N6O6S4/c1-33-21(39)27(43)11-25(15-7-3-5-9-17(15)31-19(25)35(27)23(41)29(33,45)13-37)26-12-28(44)22(40)34(2)30(46,14-38)24(42)36(28)20(26)32-18-10-6-4-8-16(18)26/h3-10,19-20,31-32,37-38,43-46H,11-14H2,1-2H3/t19-,20-,25+,26?,27+,28+,29+,30+/m1/s1. The van der Waals surface area contributed by atoms with Crippen molar-refractivity contribution in [2.45, 2.75) is 55.5 Å². The van der Waals surface area contributed by atoms with E-state index in [-0.39, 0.29) is 12.8 Å². The highest BCUT2D eigenvalue weighted by Crippen LogP contribution is 2.73. The van der Waals surface area contributed by atoms with Gasteiger partial charge in [-0.2, -0.15) is 0 Å². The molecule has 4 saturated heterocycles. The molecule has 2 aromatic carbocycles. The van der Waals surface area contributed by atoms with Gasteiger partial charge >= 0.3 is 0 Å². The van der Waals surface area contributed by atoms with Crippen LogP contribution < -0.4 is 10.6 Å². The largest absolute Gasteiger partial charge is 0.392 e. The maximum atomic E-state index is 14.5. The van der Waals surface area contributed by atoms with Crippen LogP contribution >= 0.6 is 50.5 Å². The van der Waals surface area contributed by atoms with Gasteiger partial charge in [0.25, 0.3) is 23.6 Å². The van der Waals surface area contributed by atoms with Gasteiger partial charge < -0.3 is 30.6 Å². The maximum Gasteiger partial charge on any atom is 0.264 e. The number of nitrogens with zero attached hydrogens (tertiary/aromatic N) is 4. The van der Waals surface area contributed by atoms with Crippen LogP contribution in [-0.2, 0) is 30.0 Å². The number of hydrogen-bond acceptors (Lipinski definition) is 12. The molecule has 2 aromatic rings. The number of nitrogens with one attached hydrogen (secondary N) is 2. The van der Waals surface area contributed by atoms with E-state index in [1.165, 1.54) is 23.9 Å². The molecule has 0 aliphatic carbocycles. The smallest absolute Gasteiger partial charge is 0.264 e. The van der Waals surface area contributed by atoms with Crippen LogP contribution in [0.5, 0.6) is 0 Å². The SMILES string of the molecule is CN1C(=O)[C@@]2(S)CC3([C@]45C[C@]6(S)C(=O)N(C)[C@](S)(CO)C(=O)N6[C@H]4Nc4ccccc45)c4ccccc4N[C@@H]3N2C(=O)[C@@]1(S)CO. The number of thiol groups is 4. The topological polar surface area (TPSA) is 146 Å². The Morgan fingerprint density at radius 2 is 1.00 bits per heavy atom. The highest BCUT2D eigenvalue weighted by atomic mass is 32.1. The van der Waals surface area contributed by atoms with Crippen LogP contribution in [0.25, 0.3) is 0 Å². The van der Waals surface area contributed by atoms with Crippen LogP contribution in [0.15, 0.2) is 48.5 Å². The van der Waals surface area contributed by atoms with Gasteiger partial charge in [0.15, 0.2) is 19.5 Å². The third-order valence-corrected chi connectivity index (χ3v) is 13.9. The third kappa shape index (κ3) is 2.96. The summed E-state index contributed by atoms with van der Waals surface area (Å²) in [5, 5.41) is 27.9. The van der Waals surface area contributed by atoms with Gasteiger partial charge in [-0.15, -0.1) is 50.5 Å². The predicted molar refractivity (Wildman–Crippen MR) is 181 cm³/mol. The number of rotatable bonds is 3. The minimum atomic E-state index is -1.86. The van der Waals surface area contributed by atoms with E-state index in [1.54, 1.807) is 0 Å². The molecule has 8 rings (SSSR count). The molecular weight excluding hydrogens is 669 g/mol. The van der Waals surface area contributed by atoms with Crippen LogP contribution in [0.3, 0.4) is 0 Å². The minimum absolute atomic E-state index is 0.0174. The van der Waals surface area contributed by atoms with E-state index in [9.17, 15) is 29.4 Å². The number of fused-ring (bicyclic) bond motifs is 11. The number of carbonyl (C=O) groups excluding carboxylic acids is 4. The number of piperazine rings is 2. The quantitative estimate of drug-likeness (QED) is 0.213. The van der Waals surface area contributed by atoms with Crippen molar-refractivity contribution in [3.8, 4) is 0 Å². The number of benzene rings is 2. The number of anilines is 2. The van der Waals surface area contributed by atoms with Gasteiger partial charge in [0.2, 0.25) is 0 Å². The number of aliphatic hydroxyl groups is 2. The molecule has 8 atom stereocenters. The summed E-state index contributed by atoms with van der Waals surface area (Å²) in [5.74, 6) is -2.30. The van der Waals surface area contributed by atoms with E-state index < -0.39 is 79.5 Å². The summed E-state index contributed by atoms with van der Waals surface area (Å²) >= 11 is 19.1. The number of carbonyl (C=O) groups is 4. The number of aliphatic hydroxyl groups excluding tert-OH is 2. The number of hydrogen-bond donors (Lipinski definition) is 8. The van der Waals surface area contributed by atoms with Crippen molar-refractivity contribution in [3.05, 3.63) is 59.7 Å². The van der Waals surface area contributed by atoms with E-state index in [0.717, 1.165) is 20.9 Å². The number of amides is 4. The first-order chi connectivity index (χ1) is 21.6. The third-order valence-electron chi connectivity index (χ3n) is 11.5. The first kappa shape index (κ1) is 30.6. The molecule has 0 saturated carbocycles. The first-order valence-corrected chi connectivity index (χ1v) is 16.5. The van der Waals surface area contributed by atoms with E-state index in [0.29, 0.717) is 11.4 Å². The summed E-state index contributed by atoms with van der Waals surface area (Å²) in [7, 11) is 2.84.